The molecule has 2 aromatic carbocycles. The van der Waals surface area contributed by atoms with Crippen molar-refractivity contribution in [1.82, 2.24) is 4.98 Å². The predicted molar refractivity (Wildman–Crippen MR) is 114 cm³/mol. The number of benzene rings is 2. The molecule has 156 valence electrons. The van der Waals surface area contributed by atoms with Gasteiger partial charge in [0.1, 0.15) is 17.2 Å². The van der Waals surface area contributed by atoms with Crippen LogP contribution in [0.25, 0.3) is 22.4 Å². The lowest BCUT2D eigenvalue weighted by molar-refractivity contribution is 0.0686. The number of aryl methyl sites for hydroxylation is 1. The van der Waals surface area contributed by atoms with Crippen molar-refractivity contribution in [2.45, 2.75) is 45.4 Å². The number of hydrogen-bond donors (Lipinski definition) is 1. The highest BCUT2D eigenvalue weighted by molar-refractivity contribution is 5.89. The first kappa shape index (κ1) is 21.6. The summed E-state index contributed by atoms with van der Waals surface area (Å²) in [5.74, 6) is -3.80. The van der Waals surface area contributed by atoms with E-state index < -0.39 is 23.2 Å². The molecule has 0 aliphatic heterocycles. The van der Waals surface area contributed by atoms with E-state index in [1.54, 1.807) is 12.1 Å². The van der Waals surface area contributed by atoms with Crippen LogP contribution >= 0.6 is 0 Å². The molecule has 0 saturated heterocycles. The number of pyridine rings is 1. The second kappa shape index (κ2) is 10.1. The van der Waals surface area contributed by atoms with Crippen LogP contribution in [0, 0.1) is 11.6 Å². The number of carbonyl (C=O) groups is 1. The number of rotatable bonds is 9. The normalized spacial score (nSPS) is 10.9. The molecule has 0 aliphatic rings. The van der Waals surface area contributed by atoms with Gasteiger partial charge in [-0.25, -0.2) is 13.6 Å². The van der Waals surface area contributed by atoms with Crippen LogP contribution in [0.1, 0.15) is 54.9 Å². The summed E-state index contributed by atoms with van der Waals surface area (Å²) in [5.41, 5.74) is 2.89. The Bertz CT molecular complexity index is 976. The molecule has 0 fully saturated rings. The molecule has 1 N–H and O–H groups in total. The van der Waals surface area contributed by atoms with Crippen LogP contribution in [-0.2, 0) is 6.42 Å². The molecule has 3 nitrogen and oxygen atoms in total. The van der Waals surface area contributed by atoms with E-state index in [2.05, 4.69) is 18.0 Å². The first-order valence-electron chi connectivity index (χ1n) is 10.3. The van der Waals surface area contributed by atoms with Gasteiger partial charge in [0, 0.05) is 11.8 Å². The fourth-order valence-electron chi connectivity index (χ4n) is 3.45. The van der Waals surface area contributed by atoms with Gasteiger partial charge in [-0.2, -0.15) is 0 Å². The average Bonchev–Trinajstić information content (AvgIpc) is 2.73. The first-order chi connectivity index (χ1) is 14.5. The van der Waals surface area contributed by atoms with Crippen LogP contribution in [-0.4, -0.2) is 16.1 Å². The van der Waals surface area contributed by atoms with Crippen molar-refractivity contribution >= 4 is 5.97 Å². The van der Waals surface area contributed by atoms with Crippen molar-refractivity contribution in [3.05, 3.63) is 77.5 Å². The maximum atomic E-state index is 13.9. The van der Waals surface area contributed by atoms with E-state index in [1.165, 1.54) is 37.7 Å². The van der Waals surface area contributed by atoms with E-state index in [4.69, 9.17) is 5.11 Å². The van der Waals surface area contributed by atoms with Crippen molar-refractivity contribution in [2.75, 3.05) is 0 Å². The highest BCUT2D eigenvalue weighted by Gasteiger charge is 2.18. The van der Waals surface area contributed by atoms with E-state index >= 15 is 0 Å². The largest absolute Gasteiger partial charge is 0.477 e. The summed E-state index contributed by atoms with van der Waals surface area (Å²) in [6.45, 7) is 2.21. The second-order valence-corrected chi connectivity index (χ2v) is 7.41. The first-order valence-corrected chi connectivity index (χ1v) is 10.3. The van der Waals surface area contributed by atoms with Crippen molar-refractivity contribution in [1.29, 1.82) is 0 Å². The lowest BCUT2D eigenvalue weighted by Crippen LogP contribution is -2.04. The van der Waals surface area contributed by atoms with Crippen LogP contribution in [0.5, 0.6) is 0 Å². The predicted octanol–water partition coefficient (Wildman–Crippen LogP) is 6.90. The van der Waals surface area contributed by atoms with Crippen molar-refractivity contribution in [3.8, 4) is 22.4 Å². The van der Waals surface area contributed by atoms with Gasteiger partial charge in [-0.15, -0.1) is 0 Å². The zero-order valence-corrected chi connectivity index (χ0v) is 17.0. The molecule has 0 bridgehead atoms. The lowest BCUT2D eigenvalue weighted by atomic mass is 10.00. The van der Waals surface area contributed by atoms with E-state index in [9.17, 15) is 13.6 Å². The number of unbranched alkanes of at least 4 members (excludes halogenated alkanes) is 4. The van der Waals surface area contributed by atoms with Crippen LogP contribution < -0.4 is 0 Å². The average molecular weight is 409 g/mol. The highest BCUT2D eigenvalue weighted by Crippen LogP contribution is 2.27. The van der Waals surface area contributed by atoms with Gasteiger partial charge < -0.3 is 5.11 Å². The van der Waals surface area contributed by atoms with Gasteiger partial charge in [-0.05, 0) is 47.7 Å². The molecule has 0 spiro atoms. The SMILES string of the molecule is CCCCCCCc1ccc(-c2ccc(-c3cc(F)c(C(=O)O)c(F)c3)cc2)nc1. The molecular formula is C25H25F2NO2. The number of aromatic carboxylic acids is 1. The zero-order chi connectivity index (χ0) is 21.5. The number of halogens is 2. The van der Waals surface area contributed by atoms with Crippen LogP contribution in [0.3, 0.4) is 0 Å². The van der Waals surface area contributed by atoms with Gasteiger partial charge in [-0.3, -0.25) is 4.98 Å². The summed E-state index contributed by atoms with van der Waals surface area (Å²) >= 11 is 0. The summed E-state index contributed by atoms with van der Waals surface area (Å²) < 4.78 is 27.9. The fraction of sp³-hybridized carbons (Fsp3) is 0.280. The summed E-state index contributed by atoms with van der Waals surface area (Å²) in [4.78, 5) is 15.5. The smallest absolute Gasteiger partial charge is 0.341 e. The standard InChI is InChI=1S/C25H25F2NO2/c1-2-3-4-5-6-7-17-8-13-23(28-16-17)19-11-9-18(10-12-19)20-14-21(26)24(25(29)30)22(27)15-20/h8-16H,2-7H2,1H3,(H,29,30). The molecule has 0 amide bonds. The van der Waals surface area contributed by atoms with Crippen LogP contribution in [0.15, 0.2) is 54.7 Å². The molecule has 0 radical (unpaired) electrons. The van der Waals surface area contributed by atoms with Crippen molar-refractivity contribution in [2.24, 2.45) is 0 Å². The van der Waals surface area contributed by atoms with Gasteiger partial charge in [-0.1, -0.05) is 62.9 Å². The minimum Gasteiger partial charge on any atom is -0.477 e. The maximum absolute atomic E-state index is 13.9. The molecule has 5 heteroatoms. The Kier molecular flexibility index (Phi) is 7.28. The van der Waals surface area contributed by atoms with Gasteiger partial charge in [0.05, 0.1) is 5.69 Å². The van der Waals surface area contributed by atoms with Crippen molar-refractivity contribution < 1.29 is 18.7 Å². The van der Waals surface area contributed by atoms with E-state index in [0.717, 1.165) is 29.8 Å². The van der Waals surface area contributed by atoms with Gasteiger partial charge in [0.2, 0.25) is 0 Å². The molecule has 0 saturated carbocycles. The Hall–Kier alpha value is -3.08. The third-order valence-electron chi connectivity index (χ3n) is 5.16. The number of hydrogen-bond acceptors (Lipinski definition) is 2. The number of aromatic nitrogens is 1. The summed E-state index contributed by atoms with van der Waals surface area (Å²) in [5, 5.41) is 8.88. The fourth-order valence-corrected chi connectivity index (χ4v) is 3.45. The second-order valence-electron chi connectivity index (χ2n) is 7.41. The van der Waals surface area contributed by atoms with Crippen molar-refractivity contribution in [3.63, 3.8) is 0 Å². The topological polar surface area (TPSA) is 50.2 Å². The molecule has 30 heavy (non-hydrogen) atoms. The highest BCUT2D eigenvalue weighted by atomic mass is 19.1. The summed E-state index contributed by atoms with van der Waals surface area (Å²) in [7, 11) is 0. The van der Waals surface area contributed by atoms with Crippen LogP contribution in [0.4, 0.5) is 8.78 Å². The van der Waals surface area contributed by atoms with Gasteiger partial charge in [0.15, 0.2) is 0 Å². The summed E-state index contributed by atoms with van der Waals surface area (Å²) in [6.07, 6.45) is 9.15. The van der Waals surface area contributed by atoms with Gasteiger partial charge in [0.25, 0.3) is 0 Å². The Morgan fingerprint density at radius 1 is 0.867 bits per heavy atom. The minimum absolute atomic E-state index is 0.285. The molecule has 0 unspecified atom stereocenters. The lowest BCUT2D eigenvalue weighted by Gasteiger charge is -2.08. The number of carboxylic acids is 1. The number of nitrogens with zero attached hydrogens (tertiary/aromatic N) is 1. The van der Waals surface area contributed by atoms with Gasteiger partial charge >= 0.3 is 5.97 Å². The number of carboxylic acid groups (broad SMARTS) is 1. The Balaban J connectivity index is 1.69. The Morgan fingerprint density at radius 3 is 2.07 bits per heavy atom. The zero-order valence-electron chi connectivity index (χ0n) is 17.0. The third-order valence-corrected chi connectivity index (χ3v) is 5.16. The Labute approximate surface area is 175 Å². The molecule has 1 aromatic heterocycles. The molecule has 0 aliphatic carbocycles. The summed E-state index contributed by atoms with van der Waals surface area (Å²) in [6, 6.07) is 13.3. The molecule has 3 aromatic rings. The third kappa shape index (κ3) is 5.29. The van der Waals surface area contributed by atoms with E-state index in [0.29, 0.717) is 5.56 Å². The molecule has 1 heterocycles. The molecule has 0 atom stereocenters. The van der Waals surface area contributed by atoms with E-state index in [1.807, 2.05) is 24.4 Å². The monoisotopic (exact) mass is 409 g/mol. The van der Waals surface area contributed by atoms with Crippen LogP contribution in [0.2, 0.25) is 0 Å². The quantitative estimate of drug-likeness (QED) is 0.391. The molecule has 3 rings (SSSR count). The maximum Gasteiger partial charge on any atom is 0.341 e. The molecular weight excluding hydrogens is 384 g/mol. The Morgan fingerprint density at radius 2 is 1.50 bits per heavy atom. The minimum atomic E-state index is -1.62. The van der Waals surface area contributed by atoms with E-state index in [-0.39, 0.29) is 5.56 Å².